The molecule has 2 nitrogen and oxygen atoms in total. The van der Waals surface area contributed by atoms with Gasteiger partial charge in [-0.05, 0) is 58.8 Å². The fourth-order valence-electron chi connectivity index (χ4n) is 2.47. The number of hydrogen-bond donors (Lipinski definition) is 1. The second kappa shape index (κ2) is 6.87. The lowest BCUT2D eigenvalue weighted by Gasteiger charge is -2.20. The zero-order valence-electron chi connectivity index (χ0n) is 12.7. The van der Waals surface area contributed by atoms with E-state index in [1.165, 1.54) is 48.5 Å². The van der Waals surface area contributed by atoms with Crippen molar-refractivity contribution in [3.05, 3.63) is 21.9 Å². The van der Waals surface area contributed by atoms with Crippen molar-refractivity contribution >= 4 is 11.3 Å². The predicted octanol–water partition coefficient (Wildman–Crippen LogP) is 4.01. The van der Waals surface area contributed by atoms with Gasteiger partial charge in [0.2, 0.25) is 0 Å². The quantitative estimate of drug-likeness (QED) is 0.896. The molecule has 2 rings (SSSR count). The molecule has 0 bridgehead atoms. The van der Waals surface area contributed by atoms with Gasteiger partial charge in [0.25, 0.3) is 0 Å². The minimum absolute atomic E-state index is 0.203. The van der Waals surface area contributed by atoms with Gasteiger partial charge in [0.1, 0.15) is 0 Å². The molecule has 0 atom stereocenters. The fourth-order valence-corrected chi connectivity index (χ4v) is 3.47. The van der Waals surface area contributed by atoms with Gasteiger partial charge in [-0.1, -0.05) is 12.8 Å². The molecule has 0 saturated carbocycles. The number of rotatable bonds is 4. The summed E-state index contributed by atoms with van der Waals surface area (Å²) < 4.78 is 0. The summed E-state index contributed by atoms with van der Waals surface area (Å²) in [5.74, 6) is 0. The second-order valence-electron chi connectivity index (χ2n) is 6.66. The van der Waals surface area contributed by atoms with Crippen LogP contribution in [-0.2, 0) is 13.1 Å². The highest BCUT2D eigenvalue weighted by Crippen LogP contribution is 2.20. The van der Waals surface area contributed by atoms with Crippen LogP contribution in [0.4, 0.5) is 0 Å². The molecule has 0 unspecified atom stereocenters. The van der Waals surface area contributed by atoms with Crippen LogP contribution in [0.1, 0.15) is 56.2 Å². The molecule has 1 aliphatic heterocycles. The normalized spacial score (nSPS) is 18.5. The maximum atomic E-state index is 3.56. The molecule has 0 amide bonds. The summed E-state index contributed by atoms with van der Waals surface area (Å²) in [4.78, 5) is 5.60. The van der Waals surface area contributed by atoms with E-state index in [1.807, 2.05) is 11.3 Å². The van der Waals surface area contributed by atoms with Crippen molar-refractivity contribution in [1.82, 2.24) is 10.2 Å². The Morgan fingerprint density at radius 3 is 2.32 bits per heavy atom. The molecule has 0 radical (unpaired) electrons. The van der Waals surface area contributed by atoms with Crippen LogP contribution in [0, 0.1) is 0 Å². The summed E-state index contributed by atoms with van der Waals surface area (Å²) in [5, 5.41) is 3.56. The smallest absolute Gasteiger partial charge is 0.0328 e. The van der Waals surface area contributed by atoms with E-state index in [2.05, 4.69) is 43.1 Å². The largest absolute Gasteiger partial charge is 0.307 e. The Labute approximate surface area is 122 Å². The molecule has 1 fully saturated rings. The van der Waals surface area contributed by atoms with E-state index in [4.69, 9.17) is 0 Å². The summed E-state index contributed by atoms with van der Waals surface area (Å²) in [5.41, 5.74) is 0.203. The van der Waals surface area contributed by atoms with Crippen LogP contribution in [0.5, 0.6) is 0 Å². The van der Waals surface area contributed by atoms with Crippen molar-refractivity contribution in [3.8, 4) is 0 Å². The van der Waals surface area contributed by atoms with E-state index in [0.29, 0.717) is 0 Å². The lowest BCUT2D eigenvalue weighted by atomic mass is 10.1. The lowest BCUT2D eigenvalue weighted by Crippen LogP contribution is -2.34. The zero-order valence-corrected chi connectivity index (χ0v) is 13.5. The summed E-state index contributed by atoms with van der Waals surface area (Å²) >= 11 is 1.97. The third-order valence-corrected chi connectivity index (χ3v) is 4.66. The van der Waals surface area contributed by atoms with E-state index >= 15 is 0 Å². The Hall–Kier alpha value is -0.380. The number of thiophene rings is 1. The van der Waals surface area contributed by atoms with Crippen LogP contribution in [-0.4, -0.2) is 23.5 Å². The highest BCUT2D eigenvalue weighted by Gasteiger charge is 2.12. The first-order valence-electron chi connectivity index (χ1n) is 7.58. The number of hydrogen-bond acceptors (Lipinski definition) is 3. The summed E-state index contributed by atoms with van der Waals surface area (Å²) in [6.45, 7) is 11.4. The van der Waals surface area contributed by atoms with E-state index in [0.717, 1.165) is 13.1 Å². The van der Waals surface area contributed by atoms with Gasteiger partial charge < -0.3 is 5.32 Å². The van der Waals surface area contributed by atoms with Crippen LogP contribution in [0.2, 0.25) is 0 Å². The Morgan fingerprint density at radius 2 is 1.68 bits per heavy atom. The minimum Gasteiger partial charge on any atom is -0.307 e. The second-order valence-corrected chi connectivity index (χ2v) is 7.91. The standard InChI is InChI=1S/C16H28N2S/c1-16(2,3)17-12-14-8-9-15(19-14)13-18-10-6-4-5-7-11-18/h8-9,17H,4-7,10-13H2,1-3H3. The first kappa shape index (κ1) is 15.0. The van der Waals surface area contributed by atoms with E-state index in [1.54, 1.807) is 0 Å². The van der Waals surface area contributed by atoms with Crippen LogP contribution in [0.3, 0.4) is 0 Å². The SMILES string of the molecule is CC(C)(C)NCc1ccc(CN2CCCCCC2)s1. The zero-order chi connectivity index (χ0) is 13.7. The van der Waals surface area contributed by atoms with Gasteiger partial charge in [0.05, 0.1) is 0 Å². The average Bonchev–Trinajstić information content (AvgIpc) is 2.61. The highest BCUT2D eigenvalue weighted by molar-refractivity contribution is 7.11. The van der Waals surface area contributed by atoms with Gasteiger partial charge in [0.15, 0.2) is 0 Å². The molecule has 19 heavy (non-hydrogen) atoms. The Bertz CT molecular complexity index is 370. The molecule has 0 aromatic carbocycles. The van der Waals surface area contributed by atoms with Crippen LogP contribution in [0.25, 0.3) is 0 Å². The molecular weight excluding hydrogens is 252 g/mol. The first-order chi connectivity index (χ1) is 9.03. The molecule has 1 aromatic heterocycles. The van der Waals surface area contributed by atoms with E-state index in [9.17, 15) is 0 Å². The molecule has 0 aliphatic carbocycles. The van der Waals surface area contributed by atoms with Gasteiger partial charge in [-0.25, -0.2) is 0 Å². The highest BCUT2D eigenvalue weighted by atomic mass is 32.1. The molecule has 0 spiro atoms. The van der Waals surface area contributed by atoms with Crippen molar-refractivity contribution < 1.29 is 0 Å². The molecule has 1 aromatic rings. The van der Waals surface area contributed by atoms with Crippen molar-refractivity contribution in [2.75, 3.05) is 13.1 Å². The van der Waals surface area contributed by atoms with Gasteiger partial charge >= 0.3 is 0 Å². The number of nitrogens with zero attached hydrogens (tertiary/aromatic N) is 1. The number of nitrogens with one attached hydrogen (secondary N) is 1. The van der Waals surface area contributed by atoms with E-state index < -0.39 is 0 Å². The third kappa shape index (κ3) is 5.64. The average molecular weight is 280 g/mol. The summed E-state index contributed by atoms with van der Waals surface area (Å²) in [7, 11) is 0. The minimum atomic E-state index is 0.203. The molecule has 1 saturated heterocycles. The predicted molar refractivity (Wildman–Crippen MR) is 84.7 cm³/mol. The fraction of sp³-hybridized carbons (Fsp3) is 0.750. The molecule has 108 valence electrons. The van der Waals surface area contributed by atoms with Crippen LogP contribution < -0.4 is 5.32 Å². The third-order valence-electron chi connectivity index (χ3n) is 3.59. The Balaban J connectivity index is 1.82. The molecule has 2 heterocycles. The molecule has 1 aliphatic rings. The van der Waals surface area contributed by atoms with E-state index in [-0.39, 0.29) is 5.54 Å². The molecular formula is C16H28N2S. The molecule has 1 N–H and O–H groups in total. The van der Waals surface area contributed by atoms with Crippen molar-refractivity contribution in [1.29, 1.82) is 0 Å². The summed E-state index contributed by atoms with van der Waals surface area (Å²) in [6, 6.07) is 4.60. The summed E-state index contributed by atoms with van der Waals surface area (Å²) in [6.07, 6.45) is 5.59. The first-order valence-corrected chi connectivity index (χ1v) is 8.39. The van der Waals surface area contributed by atoms with Crippen molar-refractivity contribution in [2.45, 2.75) is 65.1 Å². The molecule has 3 heteroatoms. The van der Waals surface area contributed by atoms with Gasteiger partial charge in [0, 0.05) is 28.4 Å². The van der Waals surface area contributed by atoms with Crippen LogP contribution >= 0.6 is 11.3 Å². The maximum Gasteiger partial charge on any atom is 0.0328 e. The van der Waals surface area contributed by atoms with Crippen LogP contribution in [0.15, 0.2) is 12.1 Å². The van der Waals surface area contributed by atoms with Crippen molar-refractivity contribution in [3.63, 3.8) is 0 Å². The number of likely N-dealkylation sites (tertiary alicyclic amines) is 1. The van der Waals surface area contributed by atoms with Gasteiger partial charge in [-0.15, -0.1) is 11.3 Å². The van der Waals surface area contributed by atoms with Gasteiger partial charge in [-0.2, -0.15) is 0 Å². The van der Waals surface area contributed by atoms with Gasteiger partial charge in [-0.3, -0.25) is 4.90 Å². The van der Waals surface area contributed by atoms with Crippen molar-refractivity contribution in [2.24, 2.45) is 0 Å². The maximum absolute atomic E-state index is 3.56. The Kier molecular flexibility index (Phi) is 5.43. The Morgan fingerprint density at radius 1 is 1.05 bits per heavy atom. The monoisotopic (exact) mass is 280 g/mol. The lowest BCUT2D eigenvalue weighted by molar-refractivity contribution is 0.279. The topological polar surface area (TPSA) is 15.3 Å².